The number of amides is 1. The minimum atomic E-state index is -0.390. The van der Waals surface area contributed by atoms with Gasteiger partial charge in [-0.2, -0.15) is 0 Å². The number of benzene rings is 1. The highest BCUT2D eigenvalue weighted by atomic mass is 79.9. The Balaban J connectivity index is 1.62. The highest BCUT2D eigenvalue weighted by molar-refractivity contribution is 9.10. The van der Waals surface area contributed by atoms with Gasteiger partial charge in [-0.1, -0.05) is 33.8 Å². The SMILES string of the molecule is C[C@H](Sc1nnc(-c2ccco2)o1)C(=O)Nc1cccc(Br)c1. The van der Waals surface area contributed by atoms with E-state index >= 15 is 0 Å². The molecule has 8 heteroatoms. The third-order valence-electron chi connectivity index (χ3n) is 2.88. The lowest BCUT2D eigenvalue weighted by Crippen LogP contribution is -2.22. The molecular formula is C15H12BrN3O3S. The van der Waals surface area contributed by atoms with Gasteiger partial charge in [-0.25, -0.2) is 0 Å². The molecule has 3 aromatic rings. The van der Waals surface area contributed by atoms with Crippen LogP contribution < -0.4 is 5.32 Å². The van der Waals surface area contributed by atoms with Gasteiger partial charge in [0.2, 0.25) is 5.91 Å². The molecule has 1 N–H and O–H groups in total. The molecule has 0 bridgehead atoms. The summed E-state index contributed by atoms with van der Waals surface area (Å²) in [7, 11) is 0. The quantitative estimate of drug-likeness (QED) is 0.653. The van der Waals surface area contributed by atoms with Gasteiger partial charge in [0.15, 0.2) is 5.76 Å². The molecule has 1 atom stereocenters. The lowest BCUT2D eigenvalue weighted by Gasteiger charge is -2.09. The first-order valence-electron chi connectivity index (χ1n) is 6.72. The molecule has 118 valence electrons. The number of furan rings is 1. The second-order valence-electron chi connectivity index (χ2n) is 4.61. The van der Waals surface area contributed by atoms with Crippen molar-refractivity contribution < 1.29 is 13.6 Å². The topological polar surface area (TPSA) is 81.2 Å². The first-order chi connectivity index (χ1) is 11.1. The average Bonchev–Trinajstić information content (AvgIpc) is 3.17. The molecule has 0 aliphatic rings. The number of carbonyl (C=O) groups is 1. The normalized spacial score (nSPS) is 12.1. The number of carbonyl (C=O) groups excluding carboxylic acids is 1. The first kappa shape index (κ1) is 15.8. The average molecular weight is 394 g/mol. The molecule has 3 rings (SSSR count). The van der Waals surface area contributed by atoms with Crippen molar-refractivity contribution in [3.63, 3.8) is 0 Å². The smallest absolute Gasteiger partial charge is 0.284 e. The largest absolute Gasteiger partial charge is 0.459 e. The third-order valence-corrected chi connectivity index (χ3v) is 4.30. The molecule has 0 aliphatic carbocycles. The van der Waals surface area contributed by atoms with Gasteiger partial charge in [-0.05, 0) is 37.3 Å². The summed E-state index contributed by atoms with van der Waals surface area (Å²) in [5.74, 6) is 0.638. The summed E-state index contributed by atoms with van der Waals surface area (Å²) >= 11 is 4.55. The fourth-order valence-corrected chi connectivity index (χ4v) is 2.85. The van der Waals surface area contributed by atoms with Crippen LogP contribution in [0.1, 0.15) is 6.92 Å². The molecule has 0 radical (unpaired) electrons. The Morgan fingerprint density at radius 3 is 2.91 bits per heavy atom. The Kier molecular flexibility index (Phi) is 4.82. The molecule has 6 nitrogen and oxygen atoms in total. The Bertz CT molecular complexity index is 804. The zero-order valence-electron chi connectivity index (χ0n) is 12.0. The van der Waals surface area contributed by atoms with Crippen LogP contribution in [-0.4, -0.2) is 21.4 Å². The molecule has 0 aliphatic heterocycles. The predicted molar refractivity (Wildman–Crippen MR) is 90.1 cm³/mol. The summed E-state index contributed by atoms with van der Waals surface area (Å²) in [6.07, 6.45) is 1.53. The van der Waals surface area contributed by atoms with E-state index in [0.717, 1.165) is 10.2 Å². The van der Waals surface area contributed by atoms with Gasteiger partial charge in [0, 0.05) is 10.2 Å². The van der Waals surface area contributed by atoms with Gasteiger partial charge in [0.25, 0.3) is 11.1 Å². The van der Waals surface area contributed by atoms with Gasteiger partial charge >= 0.3 is 0 Å². The van der Waals surface area contributed by atoms with Crippen LogP contribution in [0.5, 0.6) is 0 Å². The number of anilines is 1. The molecule has 1 aromatic carbocycles. The number of nitrogens with zero attached hydrogens (tertiary/aromatic N) is 2. The van der Waals surface area contributed by atoms with E-state index in [1.165, 1.54) is 18.0 Å². The van der Waals surface area contributed by atoms with Crippen LogP contribution in [0.15, 0.2) is 61.2 Å². The second-order valence-corrected chi connectivity index (χ2v) is 6.82. The van der Waals surface area contributed by atoms with E-state index in [9.17, 15) is 4.79 Å². The molecule has 0 unspecified atom stereocenters. The van der Waals surface area contributed by atoms with Gasteiger partial charge in [-0.15, -0.1) is 10.2 Å². The molecule has 0 saturated heterocycles. The fourth-order valence-electron chi connectivity index (χ4n) is 1.77. The second kappa shape index (κ2) is 7.01. The molecule has 0 saturated carbocycles. The first-order valence-corrected chi connectivity index (χ1v) is 8.39. The highest BCUT2D eigenvalue weighted by Crippen LogP contribution is 2.27. The monoisotopic (exact) mass is 393 g/mol. The number of rotatable bonds is 5. The van der Waals surface area contributed by atoms with Crippen molar-refractivity contribution in [1.82, 2.24) is 10.2 Å². The van der Waals surface area contributed by atoms with E-state index in [2.05, 4.69) is 31.4 Å². The number of halogens is 1. The maximum Gasteiger partial charge on any atom is 0.284 e. The fraction of sp³-hybridized carbons (Fsp3) is 0.133. The van der Waals surface area contributed by atoms with Crippen molar-refractivity contribution in [2.24, 2.45) is 0 Å². The number of hydrogen-bond donors (Lipinski definition) is 1. The van der Waals surface area contributed by atoms with E-state index in [0.29, 0.717) is 11.0 Å². The molecule has 0 spiro atoms. The highest BCUT2D eigenvalue weighted by Gasteiger charge is 2.19. The van der Waals surface area contributed by atoms with Crippen LogP contribution in [0.3, 0.4) is 0 Å². The van der Waals surface area contributed by atoms with Crippen LogP contribution in [-0.2, 0) is 4.79 Å². The van der Waals surface area contributed by atoms with Crippen molar-refractivity contribution in [1.29, 1.82) is 0 Å². The van der Waals surface area contributed by atoms with Gasteiger partial charge in [-0.3, -0.25) is 4.79 Å². The number of nitrogens with one attached hydrogen (secondary N) is 1. The maximum atomic E-state index is 12.2. The Morgan fingerprint density at radius 2 is 2.17 bits per heavy atom. The summed E-state index contributed by atoms with van der Waals surface area (Å²) in [6.45, 7) is 1.77. The number of aromatic nitrogens is 2. The van der Waals surface area contributed by atoms with E-state index in [-0.39, 0.29) is 17.0 Å². The van der Waals surface area contributed by atoms with E-state index in [1.807, 2.05) is 24.3 Å². The van der Waals surface area contributed by atoms with Crippen molar-refractivity contribution in [2.45, 2.75) is 17.4 Å². The summed E-state index contributed by atoms with van der Waals surface area (Å²) in [4.78, 5) is 12.2. The van der Waals surface area contributed by atoms with Crippen LogP contribution >= 0.6 is 27.7 Å². The molecule has 23 heavy (non-hydrogen) atoms. The van der Waals surface area contributed by atoms with E-state index in [1.54, 1.807) is 19.1 Å². The summed E-state index contributed by atoms with van der Waals surface area (Å²) in [6, 6.07) is 10.9. The zero-order valence-corrected chi connectivity index (χ0v) is 14.4. The predicted octanol–water partition coefficient (Wildman–Crippen LogP) is 4.21. The number of thioether (sulfide) groups is 1. The Hall–Kier alpha value is -2.06. The van der Waals surface area contributed by atoms with Crippen LogP contribution in [0.25, 0.3) is 11.7 Å². The minimum absolute atomic E-state index is 0.147. The van der Waals surface area contributed by atoms with E-state index < -0.39 is 0 Å². The third kappa shape index (κ3) is 4.02. The molecule has 2 aromatic heterocycles. The van der Waals surface area contributed by atoms with Gasteiger partial charge in [0.1, 0.15) is 0 Å². The van der Waals surface area contributed by atoms with Gasteiger partial charge < -0.3 is 14.2 Å². The van der Waals surface area contributed by atoms with Crippen LogP contribution in [0.2, 0.25) is 0 Å². The van der Waals surface area contributed by atoms with Crippen LogP contribution in [0.4, 0.5) is 5.69 Å². The summed E-state index contributed by atoms with van der Waals surface area (Å²) in [5.41, 5.74) is 0.721. The molecule has 0 fully saturated rings. The Morgan fingerprint density at radius 1 is 1.30 bits per heavy atom. The maximum absolute atomic E-state index is 12.2. The van der Waals surface area contributed by atoms with Crippen molar-refractivity contribution in [2.75, 3.05) is 5.32 Å². The molecule has 2 heterocycles. The molecular weight excluding hydrogens is 382 g/mol. The van der Waals surface area contributed by atoms with E-state index in [4.69, 9.17) is 8.83 Å². The van der Waals surface area contributed by atoms with Crippen molar-refractivity contribution >= 4 is 39.3 Å². The summed E-state index contributed by atoms with van der Waals surface area (Å²) in [5, 5.41) is 10.6. The Labute approximate surface area is 144 Å². The lowest BCUT2D eigenvalue weighted by molar-refractivity contribution is -0.115. The minimum Gasteiger partial charge on any atom is -0.459 e. The van der Waals surface area contributed by atoms with Crippen molar-refractivity contribution in [3.05, 3.63) is 47.1 Å². The number of hydrogen-bond acceptors (Lipinski definition) is 6. The standard InChI is InChI=1S/C15H12BrN3O3S/c1-9(13(20)17-11-5-2-4-10(16)8-11)23-15-19-18-14(22-15)12-6-3-7-21-12/h2-9H,1H3,(H,17,20)/t9-/m0/s1. The lowest BCUT2D eigenvalue weighted by atomic mass is 10.3. The summed E-state index contributed by atoms with van der Waals surface area (Å²) < 4.78 is 11.6. The molecule has 1 amide bonds. The van der Waals surface area contributed by atoms with Gasteiger partial charge in [0.05, 0.1) is 11.5 Å². The van der Waals surface area contributed by atoms with Crippen LogP contribution in [0, 0.1) is 0 Å². The van der Waals surface area contributed by atoms with Crippen molar-refractivity contribution in [3.8, 4) is 11.7 Å². The zero-order chi connectivity index (χ0) is 16.2.